The SMILES string of the molecule is CC1(C)CCN(c2ccnc3cc(Br)cnc23)CCS1. The summed E-state index contributed by atoms with van der Waals surface area (Å²) in [5.74, 6) is 1.16. The van der Waals surface area contributed by atoms with Crippen molar-refractivity contribution in [3.8, 4) is 0 Å². The molecule has 2 aromatic rings. The first kappa shape index (κ1) is 14.1. The van der Waals surface area contributed by atoms with Crippen LogP contribution in [0.15, 0.2) is 29.0 Å². The van der Waals surface area contributed by atoms with Gasteiger partial charge in [-0.1, -0.05) is 13.8 Å². The van der Waals surface area contributed by atoms with Crippen molar-refractivity contribution in [2.24, 2.45) is 0 Å². The third-order valence-corrected chi connectivity index (χ3v) is 5.51. The van der Waals surface area contributed by atoms with Crippen LogP contribution in [0.2, 0.25) is 0 Å². The van der Waals surface area contributed by atoms with Gasteiger partial charge in [-0.05, 0) is 34.5 Å². The number of halogens is 1. The average molecular weight is 352 g/mol. The first-order chi connectivity index (χ1) is 9.55. The Morgan fingerprint density at radius 3 is 3.00 bits per heavy atom. The first-order valence-electron chi connectivity index (χ1n) is 6.84. The van der Waals surface area contributed by atoms with Gasteiger partial charge in [0.15, 0.2) is 0 Å². The Balaban J connectivity index is 1.97. The highest BCUT2D eigenvalue weighted by Crippen LogP contribution is 2.34. The number of fused-ring (bicyclic) bond motifs is 1. The fourth-order valence-corrected chi connectivity index (χ4v) is 3.93. The minimum atomic E-state index is 0.369. The maximum Gasteiger partial charge on any atom is 0.112 e. The lowest BCUT2D eigenvalue weighted by Crippen LogP contribution is -2.27. The second-order valence-corrected chi connectivity index (χ2v) is 8.41. The zero-order valence-corrected chi connectivity index (χ0v) is 14.2. The summed E-state index contributed by atoms with van der Waals surface area (Å²) in [5, 5.41) is 0. The third kappa shape index (κ3) is 2.93. The standard InChI is InChI=1S/C15H18BrN3S/c1-15(2)4-6-19(7-8-20-15)13-3-5-17-12-9-11(16)10-18-14(12)13/h3,5,9-10H,4,6-8H2,1-2H3. The van der Waals surface area contributed by atoms with Crippen LogP contribution in [0.4, 0.5) is 5.69 Å². The van der Waals surface area contributed by atoms with E-state index in [0.29, 0.717) is 4.75 Å². The molecule has 0 atom stereocenters. The van der Waals surface area contributed by atoms with E-state index in [0.717, 1.165) is 34.3 Å². The quantitative estimate of drug-likeness (QED) is 0.772. The molecule has 3 heterocycles. The lowest BCUT2D eigenvalue weighted by Gasteiger charge is -2.24. The van der Waals surface area contributed by atoms with Crippen LogP contribution < -0.4 is 4.90 Å². The minimum absolute atomic E-state index is 0.369. The van der Waals surface area contributed by atoms with Crippen LogP contribution in [0, 0.1) is 0 Å². The predicted molar refractivity (Wildman–Crippen MR) is 90.6 cm³/mol. The molecule has 106 valence electrons. The molecule has 0 aliphatic carbocycles. The summed E-state index contributed by atoms with van der Waals surface area (Å²) < 4.78 is 1.34. The molecule has 0 N–H and O–H groups in total. The Morgan fingerprint density at radius 2 is 2.15 bits per heavy atom. The summed E-state index contributed by atoms with van der Waals surface area (Å²) in [6.07, 6.45) is 4.93. The highest BCUT2D eigenvalue weighted by molar-refractivity contribution is 9.10. The number of anilines is 1. The van der Waals surface area contributed by atoms with E-state index in [-0.39, 0.29) is 0 Å². The van der Waals surface area contributed by atoms with Crippen molar-refractivity contribution in [1.82, 2.24) is 9.97 Å². The highest BCUT2D eigenvalue weighted by Gasteiger charge is 2.24. The fraction of sp³-hybridized carbons (Fsp3) is 0.467. The number of hydrogen-bond donors (Lipinski definition) is 0. The van der Waals surface area contributed by atoms with Crippen LogP contribution in [0.25, 0.3) is 11.0 Å². The lowest BCUT2D eigenvalue weighted by atomic mass is 10.1. The molecule has 3 nitrogen and oxygen atoms in total. The van der Waals surface area contributed by atoms with E-state index in [1.54, 1.807) is 0 Å². The van der Waals surface area contributed by atoms with E-state index in [4.69, 9.17) is 0 Å². The van der Waals surface area contributed by atoms with Crippen molar-refractivity contribution in [3.63, 3.8) is 0 Å². The number of nitrogens with zero attached hydrogens (tertiary/aromatic N) is 3. The zero-order chi connectivity index (χ0) is 14.2. The molecule has 0 amide bonds. The summed E-state index contributed by atoms with van der Waals surface area (Å²) in [4.78, 5) is 11.4. The Labute approximate surface area is 132 Å². The highest BCUT2D eigenvalue weighted by atomic mass is 79.9. The van der Waals surface area contributed by atoms with Gasteiger partial charge in [-0.3, -0.25) is 9.97 Å². The van der Waals surface area contributed by atoms with Crippen molar-refractivity contribution in [3.05, 3.63) is 29.0 Å². The van der Waals surface area contributed by atoms with Crippen LogP contribution in [0.1, 0.15) is 20.3 Å². The number of thioether (sulfide) groups is 1. The minimum Gasteiger partial charge on any atom is -0.369 e. The lowest BCUT2D eigenvalue weighted by molar-refractivity contribution is 0.638. The van der Waals surface area contributed by atoms with Gasteiger partial charge in [0.2, 0.25) is 0 Å². The van der Waals surface area contributed by atoms with Crippen LogP contribution >= 0.6 is 27.7 Å². The van der Waals surface area contributed by atoms with Gasteiger partial charge in [0.25, 0.3) is 0 Å². The molecule has 0 bridgehead atoms. The van der Waals surface area contributed by atoms with Crippen molar-refractivity contribution < 1.29 is 0 Å². The van der Waals surface area contributed by atoms with Crippen LogP contribution in [0.5, 0.6) is 0 Å². The van der Waals surface area contributed by atoms with E-state index in [2.05, 4.69) is 62.5 Å². The zero-order valence-electron chi connectivity index (χ0n) is 11.8. The normalized spacial score (nSPS) is 19.1. The van der Waals surface area contributed by atoms with E-state index in [1.807, 2.05) is 18.5 Å². The number of aromatic nitrogens is 2. The molecule has 1 aliphatic rings. The second kappa shape index (κ2) is 5.53. The predicted octanol–water partition coefficient (Wildman–Crippen LogP) is 4.11. The summed E-state index contributed by atoms with van der Waals surface area (Å²) in [6.45, 7) is 6.82. The third-order valence-electron chi connectivity index (χ3n) is 3.70. The Bertz CT molecular complexity index is 630. The molecule has 1 fully saturated rings. The molecule has 3 rings (SSSR count). The smallest absolute Gasteiger partial charge is 0.112 e. The van der Waals surface area contributed by atoms with Crippen molar-refractivity contribution in [2.45, 2.75) is 25.0 Å². The van der Waals surface area contributed by atoms with Crippen molar-refractivity contribution in [2.75, 3.05) is 23.7 Å². The molecule has 0 saturated carbocycles. The van der Waals surface area contributed by atoms with Gasteiger partial charge in [0.05, 0.1) is 11.2 Å². The topological polar surface area (TPSA) is 29.0 Å². The van der Waals surface area contributed by atoms with Gasteiger partial charge in [-0.2, -0.15) is 11.8 Å². The molecule has 0 spiro atoms. The molecule has 2 aromatic heterocycles. The molecule has 5 heteroatoms. The second-order valence-electron chi connectivity index (χ2n) is 5.70. The molecule has 0 aromatic carbocycles. The molecule has 0 radical (unpaired) electrons. The largest absolute Gasteiger partial charge is 0.369 e. The van der Waals surface area contributed by atoms with E-state index < -0.39 is 0 Å². The van der Waals surface area contributed by atoms with Gasteiger partial charge in [-0.15, -0.1) is 0 Å². The number of pyridine rings is 2. The molecule has 20 heavy (non-hydrogen) atoms. The number of rotatable bonds is 1. The van der Waals surface area contributed by atoms with Crippen LogP contribution in [-0.2, 0) is 0 Å². The summed E-state index contributed by atoms with van der Waals surface area (Å²) in [7, 11) is 0. The molecular weight excluding hydrogens is 334 g/mol. The van der Waals surface area contributed by atoms with E-state index >= 15 is 0 Å². The molecule has 1 aliphatic heterocycles. The Kier molecular flexibility index (Phi) is 3.91. The number of hydrogen-bond acceptors (Lipinski definition) is 4. The van der Waals surface area contributed by atoms with Gasteiger partial charge in [-0.25, -0.2) is 0 Å². The fourth-order valence-electron chi connectivity index (χ4n) is 2.51. The van der Waals surface area contributed by atoms with Crippen molar-refractivity contribution in [1.29, 1.82) is 0 Å². The van der Waals surface area contributed by atoms with E-state index in [1.165, 1.54) is 12.1 Å². The Morgan fingerprint density at radius 1 is 1.30 bits per heavy atom. The first-order valence-corrected chi connectivity index (χ1v) is 8.62. The van der Waals surface area contributed by atoms with E-state index in [9.17, 15) is 0 Å². The van der Waals surface area contributed by atoms with Crippen LogP contribution in [-0.4, -0.2) is 33.6 Å². The van der Waals surface area contributed by atoms with Gasteiger partial charge >= 0.3 is 0 Å². The molecule has 1 saturated heterocycles. The maximum atomic E-state index is 4.57. The summed E-state index contributed by atoms with van der Waals surface area (Å²) in [6, 6.07) is 4.12. The molecule has 0 unspecified atom stereocenters. The maximum absolute atomic E-state index is 4.57. The Hall–Kier alpha value is -0.810. The summed E-state index contributed by atoms with van der Waals surface area (Å²) >= 11 is 5.52. The molecular formula is C15H18BrN3S. The van der Waals surface area contributed by atoms with Crippen molar-refractivity contribution >= 4 is 44.4 Å². The van der Waals surface area contributed by atoms with Crippen LogP contribution in [0.3, 0.4) is 0 Å². The van der Waals surface area contributed by atoms with Gasteiger partial charge < -0.3 is 4.90 Å². The monoisotopic (exact) mass is 351 g/mol. The van der Waals surface area contributed by atoms with Gasteiger partial charge in [0, 0.05) is 40.5 Å². The van der Waals surface area contributed by atoms with Gasteiger partial charge in [0.1, 0.15) is 5.52 Å². The summed E-state index contributed by atoms with van der Waals surface area (Å²) in [5.41, 5.74) is 3.16. The average Bonchev–Trinajstić information content (AvgIpc) is 2.59.